The van der Waals surface area contributed by atoms with Gasteiger partial charge in [0.05, 0.1) is 17.4 Å². The summed E-state index contributed by atoms with van der Waals surface area (Å²) in [5.74, 6) is -0.634. The van der Waals surface area contributed by atoms with E-state index < -0.39 is 0 Å². The van der Waals surface area contributed by atoms with Crippen LogP contribution in [-0.2, 0) is 0 Å². The molecule has 0 bridgehead atoms. The van der Waals surface area contributed by atoms with Gasteiger partial charge in [-0.05, 0) is 23.8 Å². The summed E-state index contributed by atoms with van der Waals surface area (Å²) in [4.78, 5) is 0. The topological polar surface area (TPSA) is 91.2 Å². The fourth-order valence-electron chi connectivity index (χ4n) is 2.42. The minimum atomic E-state index is -0.362. The van der Waals surface area contributed by atoms with Crippen LogP contribution in [0.2, 0.25) is 0 Å². The van der Waals surface area contributed by atoms with E-state index >= 15 is 0 Å². The van der Waals surface area contributed by atoms with Crippen LogP contribution in [0.5, 0.6) is 5.75 Å². The van der Waals surface area contributed by atoms with Crippen LogP contribution in [-0.4, -0.2) is 16.1 Å². The van der Waals surface area contributed by atoms with Gasteiger partial charge in [-0.2, -0.15) is 5.10 Å². The van der Waals surface area contributed by atoms with Crippen molar-refractivity contribution in [1.29, 1.82) is 0 Å². The van der Waals surface area contributed by atoms with E-state index in [4.69, 9.17) is 10.4 Å². The molecule has 0 aliphatic carbocycles. The van der Waals surface area contributed by atoms with Gasteiger partial charge in [-0.25, -0.2) is 4.39 Å². The Hall–Kier alpha value is -2.64. The van der Waals surface area contributed by atoms with E-state index in [0.717, 1.165) is 0 Å². The van der Waals surface area contributed by atoms with Gasteiger partial charge in [0.15, 0.2) is 0 Å². The first-order chi connectivity index (χ1) is 10.6. The van der Waals surface area contributed by atoms with Gasteiger partial charge in [-0.3, -0.25) is 10.4 Å². The second-order valence-electron chi connectivity index (χ2n) is 4.94. The molecule has 1 heterocycles. The molecule has 7 heteroatoms. The Balaban J connectivity index is 1.87. The number of nitrogens with one attached hydrogen (secondary N) is 1. The lowest BCUT2D eigenvalue weighted by molar-refractivity contribution is -0.268. The van der Waals surface area contributed by atoms with Crippen LogP contribution < -0.4 is 15.8 Å². The Labute approximate surface area is 125 Å². The van der Waals surface area contributed by atoms with Gasteiger partial charge in [-0.15, -0.1) is 5.23 Å². The quantitative estimate of drug-likeness (QED) is 0.754. The molecule has 114 valence electrons. The summed E-state index contributed by atoms with van der Waals surface area (Å²) in [7, 11) is 0. The summed E-state index contributed by atoms with van der Waals surface area (Å²) in [5.41, 5.74) is 4.02. The summed E-state index contributed by atoms with van der Waals surface area (Å²) in [6.45, 7) is 0. The van der Waals surface area contributed by atoms with Gasteiger partial charge >= 0.3 is 0 Å². The first kappa shape index (κ1) is 14.3. The van der Waals surface area contributed by atoms with Crippen molar-refractivity contribution in [2.75, 3.05) is 5.23 Å². The monoisotopic (exact) mass is 302 g/mol. The van der Waals surface area contributed by atoms with E-state index in [1.54, 1.807) is 18.2 Å². The number of hydrogen-bond donors (Lipinski definition) is 3. The van der Waals surface area contributed by atoms with Crippen LogP contribution in [0, 0.1) is 5.82 Å². The van der Waals surface area contributed by atoms with Crippen molar-refractivity contribution >= 4 is 11.4 Å². The minimum Gasteiger partial charge on any atom is -0.872 e. The predicted molar refractivity (Wildman–Crippen MR) is 75.4 cm³/mol. The van der Waals surface area contributed by atoms with E-state index in [1.807, 2.05) is 0 Å². The van der Waals surface area contributed by atoms with Crippen molar-refractivity contribution < 1.29 is 19.9 Å². The Bertz CT molecular complexity index is 734. The zero-order chi connectivity index (χ0) is 15.7. The molecule has 3 N–H and O–H groups in total. The molecule has 0 aromatic heterocycles. The molecule has 2 aromatic rings. The first-order valence-corrected chi connectivity index (χ1v) is 6.62. The number of halogens is 1. The predicted octanol–water partition coefficient (Wildman–Crippen LogP) is 1.92. The fraction of sp³-hybridized carbons (Fsp3) is 0.133. The Morgan fingerprint density at radius 2 is 2.00 bits per heavy atom. The van der Waals surface area contributed by atoms with E-state index in [2.05, 4.69) is 10.5 Å². The third-order valence-electron chi connectivity index (χ3n) is 3.54. The van der Waals surface area contributed by atoms with Crippen molar-refractivity contribution in [3.63, 3.8) is 0 Å². The maximum Gasteiger partial charge on any atom is 0.128 e. The highest BCUT2D eigenvalue weighted by Gasteiger charge is 2.24. The van der Waals surface area contributed by atoms with E-state index in [0.29, 0.717) is 17.7 Å². The third kappa shape index (κ3) is 2.59. The summed E-state index contributed by atoms with van der Waals surface area (Å²) >= 11 is 0. The fourth-order valence-corrected chi connectivity index (χ4v) is 2.42. The molecule has 0 saturated heterocycles. The van der Waals surface area contributed by atoms with E-state index in [1.165, 1.54) is 24.3 Å². The van der Waals surface area contributed by atoms with Gasteiger partial charge in [-0.1, -0.05) is 30.0 Å². The highest BCUT2D eigenvalue weighted by atomic mass is 19.1. The second-order valence-corrected chi connectivity index (χ2v) is 4.94. The van der Waals surface area contributed by atoms with Gasteiger partial charge in [0, 0.05) is 12.0 Å². The number of anilines is 1. The van der Waals surface area contributed by atoms with E-state index in [-0.39, 0.29) is 34.1 Å². The lowest BCUT2D eigenvalue weighted by Crippen LogP contribution is -2.13. The Morgan fingerprint density at radius 3 is 2.73 bits per heavy atom. The largest absolute Gasteiger partial charge is 0.872 e. The van der Waals surface area contributed by atoms with Gasteiger partial charge in [0.2, 0.25) is 0 Å². The molecule has 22 heavy (non-hydrogen) atoms. The lowest BCUT2D eigenvalue weighted by atomic mass is 9.98. The van der Waals surface area contributed by atoms with Gasteiger partial charge < -0.3 is 10.5 Å². The minimum absolute atomic E-state index is 0.0478. The zero-order valence-corrected chi connectivity index (χ0v) is 11.4. The SMILES string of the molecule is [O-]c1ccc(N(O)O)cc1C1=NNC(c2ccccc2F)C1. The van der Waals surface area contributed by atoms with Crippen molar-refractivity contribution in [3.05, 3.63) is 59.4 Å². The van der Waals surface area contributed by atoms with Crippen LogP contribution in [0.1, 0.15) is 23.6 Å². The first-order valence-electron chi connectivity index (χ1n) is 6.62. The van der Waals surface area contributed by atoms with Gasteiger partial charge in [0.1, 0.15) is 5.82 Å². The summed E-state index contributed by atoms with van der Waals surface area (Å²) in [6, 6.07) is 9.82. The zero-order valence-electron chi connectivity index (χ0n) is 11.4. The van der Waals surface area contributed by atoms with Crippen molar-refractivity contribution in [2.24, 2.45) is 5.10 Å². The standard InChI is InChI=1S/C15H14FN3O3/c16-12-4-2-1-3-10(12)13-8-14(18-17-13)11-7-9(19(21)22)5-6-15(11)20/h1-7,13,17,20-22H,8H2/p-1. The maximum absolute atomic E-state index is 13.8. The smallest absolute Gasteiger partial charge is 0.128 e. The molecule has 3 rings (SSSR count). The van der Waals surface area contributed by atoms with Crippen molar-refractivity contribution in [3.8, 4) is 5.75 Å². The number of benzene rings is 2. The molecule has 1 atom stereocenters. The second kappa shape index (κ2) is 5.63. The molecule has 0 fully saturated rings. The third-order valence-corrected chi connectivity index (χ3v) is 3.54. The molecular formula is C15H13FN3O3-. The number of hydrogen-bond acceptors (Lipinski definition) is 6. The number of hydrazone groups is 1. The molecule has 6 nitrogen and oxygen atoms in total. The highest BCUT2D eigenvalue weighted by Crippen LogP contribution is 2.30. The van der Waals surface area contributed by atoms with Crippen LogP contribution in [0.25, 0.3) is 0 Å². The van der Waals surface area contributed by atoms with Gasteiger partial charge in [0.25, 0.3) is 0 Å². The lowest BCUT2D eigenvalue weighted by Gasteiger charge is -2.17. The molecule has 1 aliphatic heterocycles. The average molecular weight is 302 g/mol. The molecule has 0 amide bonds. The Kier molecular flexibility index (Phi) is 3.66. The molecule has 0 saturated carbocycles. The summed E-state index contributed by atoms with van der Waals surface area (Å²) in [5, 5.41) is 34.0. The maximum atomic E-state index is 13.8. The molecule has 1 unspecified atom stereocenters. The molecule has 2 aromatic carbocycles. The van der Waals surface area contributed by atoms with Crippen molar-refractivity contribution in [2.45, 2.75) is 12.5 Å². The molecule has 1 aliphatic rings. The van der Waals surface area contributed by atoms with Crippen LogP contribution >= 0.6 is 0 Å². The molecule has 0 spiro atoms. The molecule has 0 radical (unpaired) electrons. The number of rotatable bonds is 3. The van der Waals surface area contributed by atoms with Crippen LogP contribution in [0.3, 0.4) is 0 Å². The highest BCUT2D eigenvalue weighted by molar-refractivity contribution is 6.04. The normalized spacial score (nSPS) is 17.0. The summed E-state index contributed by atoms with van der Waals surface area (Å²) in [6.07, 6.45) is 0.330. The summed E-state index contributed by atoms with van der Waals surface area (Å²) < 4.78 is 13.8. The average Bonchev–Trinajstić information content (AvgIpc) is 2.97. The Morgan fingerprint density at radius 1 is 1.23 bits per heavy atom. The van der Waals surface area contributed by atoms with Crippen molar-refractivity contribution in [1.82, 2.24) is 5.43 Å². The molecular weight excluding hydrogens is 289 g/mol. The van der Waals surface area contributed by atoms with E-state index in [9.17, 15) is 9.50 Å². The number of nitrogens with zero attached hydrogens (tertiary/aromatic N) is 2. The van der Waals surface area contributed by atoms with Crippen LogP contribution in [0.4, 0.5) is 10.1 Å². The van der Waals surface area contributed by atoms with Crippen LogP contribution in [0.15, 0.2) is 47.6 Å².